The van der Waals surface area contributed by atoms with E-state index in [9.17, 15) is 0 Å². The fourth-order valence-corrected chi connectivity index (χ4v) is 2.98. The van der Waals surface area contributed by atoms with Gasteiger partial charge >= 0.3 is 0 Å². The lowest BCUT2D eigenvalue weighted by molar-refractivity contribution is 0.408. The number of nitrogens with zero attached hydrogens (tertiary/aromatic N) is 2. The second kappa shape index (κ2) is 6.08. The summed E-state index contributed by atoms with van der Waals surface area (Å²) in [5.41, 5.74) is 3.11. The summed E-state index contributed by atoms with van der Waals surface area (Å²) in [6, 6.07) is 14.0. The molecule has 0 N–H and O–H groups in total. The first-order valence-corrected chi connectivity index (χ1v) is 7.88. The number of aromatic nitrogens is 2. The Hall–Kier alpha value is -1.52. The highest BCUT2D eigenvalue weighted by molar-refractivity contribution is 9.10. The van der Waals surface area contributed by atoms with Crippen LogP contribution in [-0.4, -0.2) is 16.7 Å². The van der Waals surface area contributed by atoms with Crippen LogP contribution >= 0.6 is 27.5 Å². The zero-order valence-electron chi connectivity index (χ0n) is 11.5. The van der Waals surface area contributed by atoms with E-state index in [0.29, 0.717) is 12.4 Å². The lowest BCUT2D eigenvalue weighted by Crippen LogP contribution is -2.05. The van der Waals surface area contributed by atoms with Gasteiger partial charge in [0.25, 0.3) is 0 Å². The Labute approximate surface area is 136 Å². The van der Waals surface area contributed by atoms with Gasteiger partial charge in [0.05, 0.1) is 30.6 Å². The van der Waals surface area contributed by atoms with E-state index >= 15 is 0 Å². The zero-order valence-corrected chi connectivity index (χ0v) is 13.9. The third kappa shape index (κ3) is 2.78. The number of ether oxygens (including phenoxy) is 1. The molecule has 3 rings (SSSR count). The molecule has 0 aliphatic carbocycles. The number of hydrogen-bond acceptors (Lipinski definition) is 2. The molecule has 1 aromatic heterocycles. The maximum atomic E-state index is 6.06. The molecular weight excluding hydrogens is 352 g/mol. The Bertz CT molecular complexity index is 785. The molecule has 0 unspecified atom stereocenters. The standard InChI is InChI=1S/C16H14BrClN2O/c1-21-15-5-3-2-4-11(15)10-20-14-8-12(17)6-7-13(14)19-16(20)9-18/h2-8H,9-10H2,1H3. The third-order valence-electron chi connectivity index (χ3n) is 3.43. The van der Waals surface area contributed by atoms with Gasteiger partial charge in [-0.25, -0.2) is 4.98 Å². The van der Waals surface area contributed by atoms with Crippen LogP contribution in [0.25, 0.3) is 11.0 Å². The number of alkyl halides is 1. The van der Waals surface area contributed by atoms with E-state index in [1.807, 2.05) is 30.3 Å². The average Bonchev–Trinajstić information content (AvgIpc) is 2.85. The average molecular weight is 366 g/mol. The number of para-hydroxylation sites is 1. The highest BCUT2D eigenvalue weighted by Gasteiger charge is 2.12. The number of rotatable bonds is 4. The van der Waals surface area contributed by atoms with Gasteiger partial charge < -0.3 is 9.30 Å². The molecule has 108 valence electrons. The number of benzene rings is 2. The third-order valence-corrected chi connectivity index (χ3v) is 4.16. The van der Waals surface area contributed by atoms with E-state index in [0.717, 1.165) is 32.6 Å². The highest BCUT2D eigenvalue weighted by Crippen LogP contribution is 2.25. The van der Waals surface area contributed by atoms with E-state index in [1.54, 1.807) is 7.11 Å². The molecule has 0 spiro atoms. The molecule has 1 heterocycles. The number of halogens is 2. The smallest absolute Gasteiger partial charge is 0.125 e. The minimum atomic E-state index is 0.376. The van der Waals surface area contributed by atoms with Crippen LogP contribution in [-0.2, 0) is 12.4 Å². The maximum Gasteiger partial charge on any atom is 0.125 e. The van der Waals surface area contributed by atoms with Crippen LogP contribution in [0, 0.1) is 0 Å². The Morgan fingerprint density at radius 2 is 2.05 bits per heavy atom. The summed E-state index contributed by atoms with van der Waals surface area (Å²) in [5, 5.41) is 0. The van der Waals surface area contributed by atoms with Crippen molar-refractivity contribution in [2.45, 2.75) is 12.4 Å². The van der Waals surface area contributed by atoms with E-state index in [-0.39, 0.29) is 0 Å². The second-order valence-electron chi connectivity index (χ2n) is 4.69. The van der Waals surface area contributed by atoms with Crippen LogP contribution in [0.1, 0.15) is 11.4 Å². The molecule has 0 saturated carbocycles. The van der Waals surface area contributed by atoms with Crippen LogP contribution in [0.3, 0.4) is 0 Å². The fourth-order valence-electron chi connectivity index (χ4n) is 2.43. The zero-order chi connectivity index (χ0) is 14.8. The van der Waals surface area contributed by atoms with Gasteiger partial charge in [-0.15, -0.1) is 11.6 Å². The molecule has 3 aromatic rings. The number of imidazole rings is 1. The number of fused-ring (bicyclic) bond motifs is 1. The Kier molecular flexibility index (Phi) is 4.17. The van der Waals surface area contributed by atoms with Crippen molar-refractivity contribution in [2.75, 3.05) is 7.11 Å². The quantitative estimate of drug-likeness (QED) is 0.632. The van der Waals surface area contributed by atoms with Gasteiger partial charge in [-0.3, -0.25) is 0 Å². The Balaban J connectivity index is 2.12. The normalized spacial score (nSPS) is 11.0. The summed E-state index contributed by atoms with van der Waals surface area (Å²) in [6.07, 6.45) is 0. The molecule has 0 amide bonds. The molecule has 0 fully saturated rings. The van der Waals surface area contributed by atoms with E-state index in [4.69, 9.17) is 16.3 Å². The molecule has 0 saturated heterocycles. The fraction of sp³-hybridized carbons (Fsp3) is 0.188. The molecule has 0 atom stereocenters. The molecule has 0 bridgehead atoms. The van der Waals surface area contributed by atoms with Crippen molar-refractivity contribution in [3.05, 3.63) is 58.3 Å². The van der Waals surface area contributed by atoms with Gasteiger partial charge in [-0.05, 0) is 24.3 Å². The first-order chi connectivity index (χ1) is 10.2. The van der Waals surface area contributed by atoms with Gasteiger partial charge in [0.15, 0.2) is 0 Å². The summed E-state index contributed by atoms with van der Waals surface area (Å²) < 4.78 is 8.58. The lowest BCUT2D eigenvalue weighted by atomic mass is 10.2. The summed E-state index contributed by atoms with van der Waals surface area (Å²) >= 11 is 9.57. The van der Waals surface area contributed by atoms with Gasteiger partial charge in [0, 0.05) is 10.0 Å². The van der Waals surface area contributed by atoms with Crippen LogP contribution in [0.4, 0.5) is 0 Å². The van der Waals surface area contributed by atoms with Crippen LogP contribution in [0.5, 0.6) is 5.75 Å². The van der Waals surface area contributed by atoms with Gasteiger partial charge in [-0.1, -0.05) is 34.1 Å². The van der Waals surface area contributed by atoms with Crippen molar-refractivity contribution in [2.24, 2.45) is 0 Å². The van der Waals surface area contributed by atoms with Gasteiger partial charge in [-0.2, -0.15) is 0 Å². The molecule has 21 heavy (non-hydrogen) atoms. The molecule has 0 aliphatic rings. The molecule has 3 nitrogen and oxygen atoms in total. The van der Waals surface area contributed by atoms with E-state index in [1.165, 1.54) is 0 Å². The van der Waals surface area contributed by atoms with Crippen LogP contribution in [0.2, 0.25) is 0 Å². The topological polar surface area (TPSA) is 27.1 Å². The van der Waals surface area contributed by atoms with Crippen molar-refractivity contribution in [1.29, 1.82) is 0 Å². The van der Waals surface area contributed by atoms with Crippen molar-refractivity contribution in [1.82, 2.24) is 9.55 Å². The monoisotopic (exact) mass is 364 g/mol. The predicted octanol–water partition coefficient (Wildman–Crippen LogP) is 4.59. The van der Waals surface area contributed by atoms with E-state index < -0.39 is 0 Å². The number of hydrogen-bond donors (Lipinski definition) is 0. The SMILES string of the molecule is COc1ccccc1Cn1c(CCl)nc2ccc(Br)cc21. The predicted molar refractivity (Wildman–Crippen MR) is 89.1 cm³/mol. The lowest BCUT2D eigenvalue weighted by Gasteiger charge is -2.11. The number of methoxy groups -OCH3 is 1. The highest BCUT2D eigenvalue weighted by atomic mass is 79.9. The van der Waals surface area contributed by atoms with Gasteiger partial charge in [0.1, 0.15) is 11.6 Å². The van der Waals surface area contributed by atoms with Crippen molar-refractivity contribution < 1.29 is 4.74 Å². The Morgan fingerprint density at radius 3 is 2.81 bits per heavy atom. The van der Waals surface area contributed by atoms with Crippen molar-refractivity contribution in [3.8, 4) is 5.75 Å². The largest absolute Gasteiger partial charge is 0.496 e. The summed E-state index contributed by atoms with van der Waals surface area (Å²) in [4.78, 5) is 4.59. The minimum absolute atomic E-state index is 0.376. The molecule has 0 radical (unpaired) electrons. The minimum Gasteiger partial charge on any atom is -0.496 e. The Morgan fingerprint density at radius 1 is 1.24 bits per heavy atom. The first-order valence-electron chi connectivity index (χ1n) is 6.55. The van der Waals surface area contributed by atoms with E-state index in [2.05, 4.69) is 37.6 Å². The summed E-state index contributed by atoms with van der Waals surface area (Å²) in [5.74, 6) is 2.10. The van der Waals surface area contributed by atoms with Crippen LogP contribution in [0.15, 0.2) is 46.9 Å². The first kappa shape index (κ1) is 14.4. The molecule has 2 aromatic carbocycles. The molecular formula is C16H14BrClN2O. The van der Waals surface area contributed by atoms with Crippen molar-refractivity contribution in [3.63, 3.8) is 0 Å². The second-order valence-corrected chi connectivity index (χ2v) is 5.88. The summed E-state index contributed by atoms with van der Waals surface area (Å²) in [6.45, 7) is 0.680. The molecule has 5 heteroatoms. The van der Waals surface area contributed by atoms with Gasteiger partial charge in [0.2, 0.25) is 0 Å². The maximum absolute atomic E-state index is 6.06. The molecule has 0 aliphatic heterocycles. The summed E-state index contributed by atoms with van der Waals surface area (Å²) in [7, 11) is 1.68. The van der Waals surface area contributed by atoms with Crippen LogP contribution < -0.4 is 4.74 Å². The van der Waals surface area contributed by atoms with Crippen molar-refractivity contribution >= 4 is 38.6 Å².